The van der Waals surface area contributed by atoms with Crippen molar-refractivity contribution < 1.29 is 9.53 Å². The number of amides is 2. The van der Waals surface area contributed by atoms with Gasteiger partial charge in [0.25, 0.3) is 0 Å². The molecule has 3 rings (SSSR count). The first-order valence-electron chi connectivity index (χ1n) is 9.61. The Hall–Kier alpha value is -2.66. The molecule has 1 aliphatic heterocycles. The van der Waals surface area contributed by atoms with E-state index in [4.69, 9.17) is 4.74 Å². The molecule has 1 N–H and O–H groups in total. The van der Waals surface area contributed by atoms with Crippen molar-refractivity contribution in [2.75, 3.05) is 25.0 Å². The molecular formula is C22H27N3O2. The van der Waals surface area contributed by atoms with Gasteiger partial charge in [0.15, 0.2) is 0 Å². The summed E-state index contributed by atoms with van der Waals surface area (Å²) in [6.45, 7) is 4.29. The maximum Gasteiger partial charge on any atom is 0.321 e. The molecule has 1 fully saturated rings. The minimum Gasteiger partial charge on any atom is -0.376 e. The number of carbonyl (C=O) groups excluding carboxylic acids is 1. The topological polar surface area (TPSA) is 54.5 Å². The molecule has 0 radical (unpaired) electrons. The lowest BCUT2D eigenvalue weighted by atomic mass is 10.1. The smallest absolute Gasteiger partial charge is 0.321 e. The number of nitrogens with zero attached hydrogens (tertiary/aromatic N) is 2. The van der Waals surface area contributed by atoms with Gasteiger partial charge in [-0.05, 0) is 55.2 Å². The Morgan fingerprint density at radius 2 is 2.22 bits per heavy atom. The molecule has 5 heteroatoms. The van der Waals surface area contributed by atoms with E-state index >= 15 is 0 Å². The molecular weight excluding hydrogens is 338 g/mol. The van der Waals surface area contributed by atoms with Crippen molar-refractivity contribution >= 4 is 23.9 Å². The molecule has 0 saturated carbocycles. The van der Waals surface area contributed by atoms with Crippen LogP contribution in [0, 0.1) is 0 Å². The van der Waals surface area contributed by atoms with E-state index < -0.39 is 0 Å². The fourth-order valence-corrected chi connectivity index (χ4v) is 3.12. The summed E-state index contributed by atoms with van der Waals surface area (Å²) in [7, 11) is 0. The van der Waals surface area contributed by atoms with Crippen LogP contribution in [0.1, 0.15) is 37.4 Å². The lowest BCUT2D eigenvalue weighted by Gasteiger charge is -2.32. The number of pyridine rings is 1. The summed E-state index contributed by atoms with van der Waals surface area (Å²) in [6.07, 6.45) is 8.88. The molecule has 27 heavy (non-hydrogen) atoms. The number of piperidine rings is 1. The molecule has 0 bridgehead atoms. The first-order valence-corrected chi connectivity index (χ1v) is 9.61. The van der Waals surface area contributed by atoms with E-state index in [9.17, 15) is 4.79 Å². The maximum absolute atomic E-state index is 12.6. The quantitative estimate of drug-likeness (QED) is 0.809. The second kappa shape index (κ2) is 9.88. The molecule has 2 amide bonds. The molecule has 1 unspecified atom stereocenters. The van der Waals surface area contributed by atoms with Gasteiger partial charge in [0.2, 0.25) is 0 Å². The predicted octanol–water partition coefficient (Wildman–Crippen LogP) is 4.67. The van der Waals surface area contributed by atoms with E-state index in [0.717, 1.165) is 49.4 Å². The van der Waals surface area contributed by atoms with E-state index in [2.05, 4.69) is 17.2 Å². The normalized spacial score (nSPS) is 17.2. The molecule has 0 spiro atoms. The van der Waals surface area contributed by atoms with Crippen molar-refractivity contribution in [3.05, 3.63) is 59.9 Å². The van der Waals surface area contributed by atoms with Gasteiger partial charge in [-0.15, -0.1) is 0 Å². The van der Waals surface area contributed by atoms with E-state index in [0.29, 0.717) is 6.54 Å². The van der Waals surface area contributed by atoms with E-state index in [1.165, 1.54) is 0 Å². The molecule has 0 aliphatic carbocycles. The monoisotopic (exact) mass is 365 g/mol. The second-order valence-corrected chi connectivity index (χ2v) is 6.72. The standard InChI is InChI=1S/C22H27N3O2/c1-2-15-27-21-10-6-14-25(17-21)22(26)24-20-9-5-7-18(16-20)11-12-19-8-3-4-13-23-19/h3-5,7-9,11-13,16,21H,2,6,10,14-15,17H2,1H3,(H,24,26)/b12-11+. The summed E-state index contributed by atoms with van der Waals surface area (Å²) in [5.74, 6) is 0. The van der Waals surface area contributed by atoms with Gasteiger partial charge in [-0.3, -0.25) is 4.98 Å². The van der Waals surface area contributed by atoms with Crippen LogP contribution in [0.3, 0.4) is 0 Å². The van der Waals surface area contributed by atoms with Gasteiger partial charge in [0, 0.05) is 31.6 Å². The molecule has 1 aromatic carbocycles. The van der Waals surface area contributed by atoms with Gasteiger partial charge in [0.1, 0.15) is 0 Å². The molecule has 1 aromatic heterocycles. The average molecular weight is 365 g/mol. The summed E-state index contributed by atoms with van der Waals surface area (Å²) in [6, 6.07) is 13.6. The highest BCUT2D eigenvalue weighted by Gasteiger charge is 2.24. The number of carbonyl (C=O) groups is 1. The van der Waals surface area contributed by atoms with Crippen LogP contribution in [0.25, 0.3) is 12.2 Å². The number of likely N-dealkylation sites (tertiary alicyclic amines) is 1. The minimum atomic E-state index is -0.0642. The zero-order valence-electron chi connectivity index (χ0n) is 15.8. The first kappa shape index (κ1) is 19.1. The van der Waals surface area contributed by atoms with Crippen LogP contribution in [-0.4, -0.2) is 41.7 Å². The Bertz CT molecular complexity index is 761. The van der Waals surface area contributed by atoms with Crippen LogP contribution >= 0.6 is 0 Å². The summed E-state index contributed by atoms with van der Waals surface area (Å²) >= 11 is 0. The summed E-state index contributed by atoms with van der Waals surface area (Å²) in [4.78, 5) is 18.7. The third-order valence-corrected chi connectivity index (χ3v) is 4.50. The van der Waals surface area contributed by atoms with Crippen LogP contribution in [0.4, 0.5) is 10.5 Å². The SMILES string of the molecule is CCCOC1CCCN(C(=O)Nc2cccc(/C=C/c3ccccn3)c2)C1. The maximum atomic E-state index is 12.6. The van der Waals surface area contributed by atoms with Crippen LogP contribution < -0.4 is 5.32 Å². The molecule has 1 saturated heterocycles. The summed E-state index contributed by atoms with van der Waals surface area (Å²) in [5.41, 5.74) is 2.71. The van der Waals surface area contributed by atoms with Crippen LogP contribution in [-0.2, 0) is 4.74 Å². The second-order valence-electron chi connectivity index (χ2n) is 6.72. The Morgan fingerprint density at radius 1 is 1.30 bits per heavy atom. The number of anilines is 1. The Morgan fingerprint density at radius 3 is 3.04 bits per heavy atom. The highest BCUT2D eigenvalue weighted by atomic mass is 16.5. The highest BCUT2D eigenvalue weighted by Crippen LogP contribution is 2.17. The zero-order valence-corrected chi connectivity index (χ0v) is 15.8. The van der Waals surface area contributed by atoms with Gasteiger partial charge in [0.05, 0.1) is 11.8 Å². The molecule has 142 valence electrons. The van der Waals surface area contributed by atoms with Crippen LogP contribution in [0.5, 0.6) is 0 Å². The number of hydrogen-bond acceptors (Lipinski definition) is 3. The van der Waals surface area contributed by atoms with Crippen molar-refractivity contribution in [3.8, 4) is 0 Å². The number of ether oxygens (including phenoxy) is 1. The first-order chi connectivity index (χ1) is 13.2. The van der Waals surface area contributed by atoms with Gasteiger partial charge in [-0.25, -0.2) is 4.79 Å². The number of nitrogens with one attached hydrogen (secondary N) is 1. The number of urea groups is 1. The summed E-state index contributed by atoms with van der Waals surface area (Å²) < 4.78 is 5.82. The lowest BCUT2D eigenvalue weighted by Crippen LogP contribution is -2.45. The molecule has 1 aliphatic rings. The Kier molecular flexibility index (Phi) is 6.99. The summed E-state index contributed by atoms with van der Waals surface area (Å²) in [5, 5.41) is 3.01. The Balaban J connectivity index is 1.58. The van der Waals surface area contributed by atoms with Gasteiger partial charge < -0.3 is 15.0 Å². The van der Waals surface area contributed by atoms with E-state index in [-0.39, 0.29) is 12.1 Å². The Labute approximate surface area is 161 Å². The van der Waals surface area contributed by atoms with Gasteiger partial charge in [-0.2, -0.15) is 0 Å². The molecule has 5 nitrogen and oxygen atoms in total. The molecule has 2 aromatic rings. The highest BCUT2D eigenvalue weighted by molar-refractivity contribution is 5.90. The lowest BCUT2D eigenvalue weighted by molar-refractivity contribution is 0.0115. The van der Waals surface area contributed by atoms with Crippen molar-refractivity contribution in [1.82, 2.24) is 9.88 Å². The molecule has 1 atom stereocenters. The average Bonchev–Trinajstić information content (AvgIpc) is 2.72. The van der Waals surface area contributed by atoms with Crippen molar-refractivity contribution in [2.45, 2.75) is 32.3 Å². The number of benzene rings is 1. The third-order valence-electron chi connectivity index (χ3n) is 4.50. The van der Waals surface area contributed by atoms with Crippen LogP contribution in [0.15, 0.2) is 48.7 Å². The number of aromatic nitrogens is 1. The van der Waals surface area contributed by atoms with Crippen LogP contribution in [0.2, 0.25) is 0 Å². The zero-order chi connectivity index (χ0) is 18.9. The number of hydrogen-bond donors (Lipinski definition) is 1. The fraction of sp³-hybridized carbons (Fsp3) is 0.364. The van der Waals surface area contributed by atoms with Crippen molar-refractivity contribution in [1.29, 1.82) is 0 Å². The van der Waals surface area contributed by atoms with Gasteiger partial charge in [-0.1, -0.05) is 31.2 Å². The van der Waals surface area contributed by atoms with E-state index in [1.807, 2.05) is 59.5 Å². The van der Waals surface area contributed by atoms with Crippen molar-refractivity contribution in [2.24, 2.45) is 0 Å². The largest absolute Gasteiger partial charge is 0.376 e. The molecule has 2 heterocycles. The third kappa shape index (κ3) is 5.93. The van der Waals surface area contributed by atoms with E-state index in [1.54, 1.807) is 6.20 Å². The predicted molar refractivity (Wildman–Crippen MR) is 109 cm³/mol. The van der Waals surface area contributed by atoms with Gasteiger partial charge >= 0.3 is 6.03 Å². The van der Waals surface area contributed by atoms with Crippen molar-refractivity contribution in [3.63, 3.8) is 0 Å². The fourth-order valence-electron chi connectivity index (χ4n) is 3.12. The minimum absolute atomic E-state index is 0.0642. The number of rotatable bonds is 6.